The van der Waals surface area contributed by atoms with Gasteiger partial charge in [-0.15, -0.1) is 0 Å². The van der Waals surface area contributed by atoms with Crippen molar-refractivity contribution in [1.82, 2.24) is 0 Å². The van der Waals surface area contributed by atoms with Gasteiger partial charge in [-0.1, -0.05) is 12.1 Å². The molecule has 3 rings (SSSR count). The van der Waals surface area contributed by atoms with Gasteiger partial charge in [0.05, 0.1) is 15.9 Å². The summed E-state index contributed by atoms with van der Waals surface area (Å²) in [5.74, 6) is -1.57. The van der Waals surface area contributed by atoms with Crippen molar-refractivity contribution >= 4 is 16.7 Å². The summed E-state index contributed by atoms with van der Waals surface area (Å²) in [6, 6.07) is 9.89. The van der Waals surface area contributed by atoms with Gasteiger partial charge >= 0.3 is 5.69 Å². The third-order valence-corrected chi connectivity index (χ3v) is 3.21. The van der Waals surface area contributed by atoms with Crippen LogP contribution >= 0.6 is 0 Å². The van der Waals surface area contributed by atoms with Crippen molar-refractivity contribution in [2.75, 3.05) is 0 Å². The van der Waals surface area contributed by atoms with Gasteiger partial charge in [0.2, 0.25) is 5.75 Å². The Bertz CT molecular complexity index is 960. The van der Waals surface area contributed by atoms with Crippen LogP contribution in [0.1, 0.15) is 0 Å². The van der Waals surface area contributed by atoms with Crippen molar-refractivity contribution in [3.8, 4) is 22.8 Å². The van der Waals surface area contributed by atoms with Gasteiger partial charge < -0.3 is 14.6 Å². The van der Waals surface area contributed by atoms with Crippen LogP contribution in [0.4, 0.5) is 5.69 Å². The lowest BCUT2D eigenvalue weighted by Crippen LogP contribution is -2.01. The highest BCUT2D eigenvalue weighted by atomic mass is 16.6. The Hall–Kier alpha value is -3.35. The number of phenolic OH excluding ortho intramolecular Hbond substituents is 2. The van der Waals surface area contributed by atoms with Gasteiger partial charge in [-0.25, -0.2) is 0 Å². The maximum Gasteiger partial charge on any atom is 0.325 e. The molecule has 1 heterocycles. The third kappa shape index (κ3) is 2.05. The molecule has 2 aromatic carbocycles. The Morgan fingerprint density at radius 2 is 1.82 bits per heavy atom. The van der Waals surface area contributed by atoms with Crippen LogP contribution < -0.4 is 5.43 Å². The number of hydrogen-bond acceptors (Lipinski definition) is 6. The molecule has 0 fully saturated rings. The summed E-state index contributed by atoms with van der Waals surface area (Å²) < 4.78 is 5.52. The van der Waals surface area contributed by atoms with E-state index >= 15 is 0 Å². The smallest absolute Gasteiger partial charge is 0.325 e. The number of para-hydroxylation sites is 1. The van der Waals surface area contributed by atoms with E-state index in [9.17, 15) is 25.1 Å². The van der Waals surface area contributed by atoms with Crippen LogP contribution in [-0.4, -0.2) is 15.1 Å². The minimum Gasteiger partial charge on any atom is -0.504 e. The molecule has 0 aliphatic rings. The zero-order valence-corrected chi connectivity index (χ0v) is 11.0. The monoisotopic (exact) mass is 299 g/mol. The molecule has 0 saturated carbocycles. The molecule has 3 aromatic rings. The Kier molecular flexibility index (Phi) is 3.03. The number of hydrogen-bond donors (Lipinski definition) is 2. The number of benzene rings is 2. The number of aromatic hydroxyl groups is 2. The highest BCUT2D eigenvalue weighted by Gasteiger charge is 2.25. The van der Waals surface area contributed by atoms with E-state index in [2.05, 4.69) is 0 Å². The topological polar surface area (TPSA) is 114 Å². The average Bonchev–Trinajstić information content (AvgIpc) is 2.49. The Balaban J connectivity index is 2.35. The molecule has 0 unspecified atom stereocenters. The van der Waals surface area contributed by atoms with Crippen LogP contribution in [-0.2, 0) is 0 Å². The van der Waals surface area contributed by atoms with Crippen molar-refractivity contribution in [3.63, 3.8) is 0 Å². The minimum atomic E-state index is -0.877. The number of nitrogens with zero attached hydrogens (tertiary/aromatic N) is 1. The zero-order chi connectivity index (χ0) is 15.9. The fourth-order valence-electron chi connectivity index (χ4n) is 2.19. The number of phenols is 2. The summed E-state index contributed by atoms with van der Waals surface area (Å²) in [6.07, 6.45) is 0. The normalized spacial score (nSPS) is 10.7. The van der Waals surface area contributed by atoms with Crippen molar-refractivity contribution < 1.29 is 19.6 Å². The molecule has 0 amide bonds. The first-order valence-corrected chi connectivity index (χ1v) is 6.21. The fourth-order valence-corrected chi connectivity index (χ4v) is 2.19. The molecule has 0 bridgehead atoms. The molecule has 0 saturated heterocycles. The van der Waals surface area contributed by atoms with E-state index in [4.69, 9.17) is 4.42 Å². The van der Waals surface area contributed by atoms with Crippen molar-refractivity contribution in [2.45, 2.75) is 0 Å². The predicted octanol–water partition coefficient (Wildman–Crippen LogP) is 2.78. The average molecular weight is 299 g/mol. The van der Waals surface area contributed by atoms with E-state index in [1.54, 1.807) is 24.3 Å². The molecule has 0 radical (unpaired) electrons. The van der Waals surface area contributed by atoms with Gasteiger partial charge in [0, 0.05) is 6.07 Å². The summed E-state index contributed by atoms with van der Waals surface area (Å²) in [4.78, 5) is 22.3. The second kappa shape index (κ2) is 4.88. The molecule has 0 aliphatic heterocycles. The van der Waals surface area contributed by atoms with Gasteiger partial charge in [0.1, 0.15) is 11.3 Å². The molecule has 110 valence electrons. The highest BCUT2D eigenvalue weighted by molar-refractivity contribution is 5.82. The lowest BCUT2D eigenvalue weighted by molar-refractivity contribution is -0.385. The molecular weight excluding hydrogens is 290 g/mol. The van der Waals surface area contributed by atoms with E-state index in [1.165, 1.54) is 6.07 Å². The Morgan fingerprint density at radius 1 is 1.09 bits per heavy atom. The van der Waals surface area contributed by atoms with E-state index in [1.807, 2.05) is 0 Å². The van der Waals surface area contributed by atoms with Gasteiger partial charge in [-0.05, 0) is 24.3 Å². The largest absolute Gasteiger partial charge is 0.504 e. The van der Waals surface area contributed by atoms with Crippen LogP contribution in [0.3, 0.4) is 0 Å². The van der Waals surface area contributed by atoms with Crippen molar-refractivity contribution in [3.05, 3.63) is 62.8 Å². The first kappa shape index (κ1) is 13.6. The van der Waals surface area contributed by atoms with E-state index < -0.39 is 22.1 Å². The number of nitro groups is 1. The third-order valence-electron chi connectivity index (χ3n) is 3.21. The molecule has 2 N–H and O–H groups in total. The zero-order valence-electron chi connectivity index (χ0n) is 11.0. The summed E-state index contributed by atoms with van der Waals surface area (Å²) >= 11 is 0. The Labute approximate surface area is 122 Å². The maximum atomic E-state index is 12.1. The van der Waals surface area contributed by atoms with Crippen LogP contribution in [0.2, 0.25) is 0 Å². The SMILES string of the molecule is O=c1cc(-c2ccc(O)c(O)c2[N+](=O)[O-])oc2ccccc12. The van der Waals surface area contributed by atoms with Crippen LogP contribution in [0.25, 0.3) is 22.3 Å². The minimum absolute atomic E-state index is 0.0642. The molecule has 0 atom stereocenters. The fraction of sp³-hybridized carbons (Fsp3) is 0. The van der Waals surface area contributed by atoms with Crippen molar-refractivity contribution in [2.24, 2.45) is 0 Å². The van der Waals surface area contributed by atoms with Gasteiger partial charge in [-0.2, -0.15) is 0 Å². The Morgan fingerprint density at radius 3 is 2.55 bits per heavy atom. The number of nitro benzene ring substituents is 1. The molecular formula is C15H9NO6. The summed E-state index contributed by atoms with van der Waals surface area (Å²) in [5, 5.41) is 30.6. The van der Waals surface area contributed by atoms with Crippen LogP contribution in [0.15, 0.2) is 51.7 Å². The van der Waals surface area contributed by atoms with E-state index in [0.29, 0.717) is 5.39 Å². The lowest BCUT2D eigenvalue weighted by atomic mass is 10.1. The second-order valence-corrected chi connectivity index (χ2v) is 4.56. The van der Waals surface area contributed by atoms with E-state index in [-0.39, 0.29) is 22.3 Å². The molecule has 0 spiro atoms. The summed E-state index contributed by atoms with van der Waals surface area (Å²) in [6.45, 7) is 0. The van der Waals surface area contributed by atoms with Crippen molar-refractivity contribution in [1.29, 1.82) is 0 Å². The van der Waals surface area contributed by atoms with Gasteiger partial charge in [0.25, 0.3) is 0 Å². The predicted molar refractivity (Wildman–Crippen MR) is 77.9 cm³/mol. The second-order valence-electron chi connectivity index (χ2n) is 4.56. The summed E-state index contributed by atoms with van der Waals surface area (Å²) in [5.41, 5.74) is -0.910. The standard InChI is InChI=1S/C15H9NO6/c17-10-6-5-9(14(15(10)19)16(20)21)13-7-11(18)8-3-1-2-4-12(8)22-13/h1-7,17,19H. The molecule has 7 heteroatoms. The molecule has 0 aliphatic carbocycles. The first-order chi connectivity index (χ1) is 10.5. The molecule has 22 heavy (non-hydrogen) atoms. The molecule has 1 aromatic heterocycles. The quantitative estimate of drug-likeness (QED) is 0.427. The lowest BCUT2D eigenvalue weighted by Gasteiger charge is -2.06. The van der Waals surface area contributed by atoms with E-state index in [0.717, 1.165) is 12.1 Å². The number of rotatable bonds is 2. The van der Waals surface area contributed by atoms with Gasteiger partial charge in [-0.3, -0.25) is 14.9 Å². The highest BCUT2D eigenvalue weighted by Crippen LogP contribution is 2.42. The first-order valence-electron chi connectivity index (χ1n) is 6.21. The van der Waals surface area contributed by atoms with Crippen LogP contribution in [0, 0.1) is 10.1 Å². The summed E-state index contributed by atoms with van der Waals surface area (Å²) in [7, 11) is 0. The van der Waals surface area contributed by atoms with Gasteiger partial charge in [0.15, 0.2) is 11.2 Å². The number of fused-ring (bicyclic) bond motifs is 1. The van der Waals surface area contributed by atoms with Crippen LogP contribution in [0.5, 0.6) is 11.5 Å². The maximum absolute atomic E-state index is 12.1. The molecule has 7 nitrogen and oxygen atoms in total.